The van der Waals surface area contributed by atoms with Gasteiger partial charge in [-0.25, -0.2) is 12.8 Å². The van der Waals surface area contributed by atoms with Crippen LogP contribution in [-0.4, -0.2) is 81.0 Å². The number of aromatic nitrogens is 1. The molecule has 35 heavy (non-hydrogen) atoms. The van der Waals surface area contributed by atoms with E-state index in [0.717, 1.165) is 31.4 Å². The maximum Gasteiger partial charge on any atom is 0.253 e. The fourth-order valence-corrected chi connectivity index (χ4v) is 6.06. The van der Waals surface area contributed by atoms with E-state index in [1.165, 1.54) is 16.4 Å². The van der Waals surface area contributed by atoms with E-state index in [1.807, 2.05) is 13.0 Å². The SMILES string of the molecule is Cc1ccc(C(=O)NCCN2CCOCC2)c(C2CCN(S(=O)(=O)c3ccc(C)c(F)c3)CC2)n1. The number of morpholine rings is 1. The minimum atomic E-state index is -3.78. The number of pyridine rings is 1. The van der Waals surface area contributed by atoms with Crippen molar-refractivity contribution >= 4 is 15.9 Å². The summed E-state index contributed by atoms with van der Waals surface area (Å²) >= 11 is 0. The minimum absolute atomic E-state index is 0.0314. The Morgan fingerprint density at radius 3 is 2.51 bits per heavy atom. The predicted octanol–water partition coefficient (Wildman–Crippen LogP) is 2.47. The van der Waals surface area contributed by atoms with Crippen molar-refractivity contribution < 1.29 is 22.3 Å². The van der Waals surface area contributed by atoms with Crippen LogP contribution in [0.5, 0.6) is 0 Å². The molecule has 2 saturated heterocycles. The number of benzene rings is 1. The highest BCUT2D eigenvalue weighted by Crippen LogP contribution is 2.32. The van der Waals surface area contributed by atoms with Crippen LogP contribution in [0.3, 0.4) is 0 Å². The van der Waals surface area contributed by atoms with Crippen molar-refractivity contribution in [3.05, 3.63) is 58.7 Å². The van der Waals surface area contributed by atoms with Gasteiger partial charge in [-0.1, -0.05) is 6.07 Å². The summed E-state index contributed by atoms with van der Waals surface area (Å²) in [5, 5.41) is 3.01. The Bertz CT molecular complexity index is 1160. The van der Waals surface area contributed by atoms with E-state index in [1.54, 1.807) is 13.0 Å². The summed E-state index contributed by atoms with van der Waals surface area (Å²) in [6, 6.07) is 7.64. The molecule has 190 valence electrons. The number of rotatable bonds is 7. The number of sulfonamides is 1. The van der Waals surface area contributed by atoms with Crippen molar-refractivity contribution in [2.75, 3.05) is 52.5 Å². The monoisotopic (exact) mass is 504 g/mol. The molecule has 0 spiro atoms. The molecule has 0 aliphatic carbocycles. The lowest BCUT2D eigenvalue weighted by atomic mass is 9.90. The van der Waals surface area contributed by atoms with E-state index < -0.39 is 15.8 Å². The van der Waals surface area contributed by atoms with E-state index in [0.29, 0.717) is 49.4 Å². The van der Waals surface area contributed by atoms with Gasteiger partial charge in [-0.05, 0) is 56.5 Å². The van der Waals surface area contributed by atoms with Crippen LogP contribution in [0.2, 0.25) is 0 Å². The zero-order chi connectivity index (χ0) is 25.0. The Kier molecular flexibility index (Phi) is 8.16. The molecular formula is C25H33FN4O4S. The van der Waals surface area contributed by atoms with Gasteiger partial charge in [0.25, 0.3) is 5.91 Å². The van der Waals surface area contributed by atoms with E-state index >= 15 is 0 Å². The molecule has 2 fully saturated rings. The van der Waals surface area contributed by atoms with Crippen molar-refractivity contribution in [3.63, 3.8) is 0 Å². The van der Waals surface area contributed by atoms with Gasteiger partial charge in [0.1, 0.15) is 5.82 Å². The quantitative estimate of drug-likeness (QED) is 0.623. The molecule has 1 aromatic carbocycles. The molecule has 0 unspecified atom stereocenters. The molecule has 10 heteroatoms. The standard InChI is InChI=1S/C25H33FN4O4S/c1-18-3-5-21(17-23(18)26)35(32,33)30-10-7-20(8-11-30)24-22(6-4-19(2)28-24)25(31)27-9-12-29-13-15-34-16-14-29/h3-6,17,20H,7-16H2,1-2H3,(H,27,31). The third-order valence-corrected chi connectivity index (χ3v) is 8.64. The lowest BCUT2D eigenvalue weighted by Crippen LogP contribution is -2.41. The normalized spacial score (nSPS) is 18.5. The van der Waals surface area contributed by atoms with Gasteiger partial charge in [-0.3, -0.25) is 14.7 Å². The lowest BCUT2D eigenvalue weighted by Gasteiger charge is -2.31. The number of carbonyl (C=O) groups is 1. The first-order valence-corrected chi connectivity index (χ1v) is 13.5. The van der Waals surface area contributed by atoms with Crippen molar-refractivity contribution in [2.24, 2.45) is 0 Å². The number of hydrogen-bond donors (Lipinski definition) is 1. The van der Waals surface area contributed by atoms with Crippen LogP contribution >= 0.6 is 0 Å². The van der Waals surface area contributed by atoms with Crippen LogP contribution in [0.25, 0.3) is 0 Å². The first-order valence-electron chi connectivity index (χ1n) is 12.1. The fraction of sp³-hybridized carbons (Fsp3) is 0.520. The van der Waals surface area contributed by atoms with Crippen LogP contribution in [0, 0.1) is 19.7 Å². The molecule has 0 radical (unpaired) electrons. The second-order valence-electron chi connectivity index (χ2n) is 9.18. The lowest BCUT2D eigenvalue weighted by molar-refractivity contribution is 0.0383. The van der Waals surface area contributed by atoms with Gasteiger partial charge in [0.05, 0.1) is 29.4 Å². The molecule has 2 aromatic rings. The molecule has 0 bridgehead atoms. The molecule has 2 aliphatic heterocycles. The Morgan fingerprint density at radius 1 is 1.11 bits per heavy atom. The Morgan fingerprint density at radius 2 is 1.83 bits per heavy atom. The van der Waals surface area contributed by atoms with E-state index in [9.17, 15) is 17.6 Å². The fourth-order valence-electron chi connectivity index (χ4n) is 4.58. The number of hydrogen-bond acceptors (Lipinski definition) is 6. The minimum Gasteiger partial charge on any atom is -0.379 e. The molecule has 0 saturated carbocycles. The first kappa shape index (κ1) is 25.7. The van der Waals surface area contributed by atoms with Gasteiger partial charge in [-0.2, -0.15) is 4.31 Å². The second kappa shape index (κ2) is 11.1. The highest BCUT2D eigenvalue weighted by molar-refractivity contribution is 7.89. The molecular weight excluding hydrogens is 471 g/mol. The summed E-state index contributed by atoms with van der Waals surface area (Å²) in [5.74, 6) is -0.726. The summed E-state index contributed by atoms with van der Waals surface area (Å²) in [4.78, 5) is 19.9. The average Bonchev–Trinajstić information content (AvgIpc) is 2.86. The van der Waals surface area contributed by atoms with Crippen molar-refractivity contribution in [1.29, 1.82) is 0 Å². The number of nitrogens with zero attached hydrogens (tertiary/aromatic N) is 3. The summed E-state index contributed by atoms with van der Waals surface area (Å²) in [6.45, 7) is 8.52. The molecule has 0 atom stereocenters. The summed E-state index contributed by atoms with van der Waals surface area (Å²) < 4.78 is 46.8. The first-order chi connectivity index (χ1) is 16.8. The number of amides is 1. The number of piperidine rings is 1. The van der Waals surface area contributed by atoms with Crippen molar-refractivity contribution in [3.8, 4) is 0 Å². The van der Waals surface area contributed by atoms with Gasteiger partial charge in [0, 0.05) is 50.9 Å². The topological polar surface area (TPSA) is 91.8 Å². The molecule has 1 amide bonds. The third-order valence-electron chi connectivity index (χ3n) is 6.75. The summed E-state index contributed by atoms with van der Waals surface area (Å²) in [5.41, 5.74) is 2.48. The molecule has 1 aromatic heterocycles. The van der Waals surface area contributed by atoms with Crippen LogP contribution in [-0.2, 0) is 14.8 Å². The number of carbonyl (C=O) groups excluding carboxylic acids is 1. The zero-order valence-corrected chi connectivity index (χ0v) is 21.1. The second-order valence-corrected chi connectivity index (χ2v) is 11.1. The zero-order valence-electron chi connectivity index (χ0n) is 20.3. The molecule has 3 heterocycles. The van der Waals surface area contributed by atoms with Crippen molar-refractivity contribution in [2.45, 2.75) is 37.5 Å². The van der Waals surface area contributed by atoms with Gasteiger partial charge in [0.15, 0.2) is 0 Å². The largest absolute Gasteiger partial charge is 0.379 e. The molecule has 1 N–H and O–H groups in total. The van der Waals surface area contributed by atoms with Gasteiger partial charge < -0.3 is 10.1 Å². The maximum absolute atomic E-state index is 14.0. The van der Waals surface area contributed by atoms with Gasteiger partial charge in [0.2, 0.25) is 10.0 Å². The Balaban J connectivity index is 1.41. The molecule has 8 nitrogen and oxygen atoms in total. The predicted molar refractivity (Wildman–Crippen MR) is 130 cm³/mol. The maximum atomic E-state index is 14.0. The number of aryl methyl sites for hydroxylation is 2. The third kappa shape index (κ3) is 6.06. The number of nitrogens with one attached hydrogen (secondary N) is 1. The average molecular weight is 505 g/mol. The van der Waals surface area contributed by atoms with Gasteiger partial charge in [-0.15, -0.1) is 0 Å². The smallest absolute Gasteiger partial charge is 0.253 e. The summed E-state index contributed by atoms with van der Waals surface area (Å²) in [7, 11) is -3.78. The van der Waals surface area contributed by atoms with Crippen LogP contribution in [0.15, 0.2) is 35.2 Å². The number of halogens is 1. The highest BCUT2D eigenvalue weighted by atomic mass is 32.2. The molecule has 2 aliphatic rings. The summed E-state index contributed by atoms with van der Waals surface area (Å²) in [6.07, 6.45) is 1.08. The molecule has 4 rings (SSSR count). The van der Waals surface area contributed by atoms with Gasteiger partial charge >= 0.3 is 0 Å². The van der Waals surface area contributed by atoms with Crippen LogP contribution < -0.4 is 5.32 Å². The Labute approximate surface area is 206 Å². The number of ether oxygens (including phenoxy) is 1. The van der Waals surface area contributed by atoms with Crippen LogP contribution in [0.4, 0.5) is 4.39 Å². The van der Waals surface area contributed by atoms with Crippen molar-refractivity contribution in [1.82, 2.24) is 19.5 Å². The van der Waals surface area contributed by atoms with E-state index in [4.69, 9.17) is 4.74 Å². The Hall–Kier alpha value is -2.40. The highest BCUT2D eigenvalue weighted by Gasteiger charge is 2.32. The van der Waals surface area contributed by atoms with E-state index in [2.05, 4.69) is 15.2 Å². The van der Waals surface area contributed by atoms with E-state index in [-0.39, 0.29) is 29.8 Å². The van der Waals surface area contributed by atoms with Crippen LogP contribution in [0.1, 0.15) is 46.1 Å².